The molecule has 0 saturated carbocycles. The van der Waals surface area contributed by atoms with E-state index in [1.807, 2.05) is 12.2 Å². The largest absolute Gasteiger partial charge is 0.364 e. The van der Waals surface area contributed by atoms with Gasteiger partial charge in [0.25, 0.3) is 5.91 Å². The van der Waals surface area contributed by atoms with Crippen molar-refractivity contribution in [3.63, 3.8) is 0 Å². The minimum atomic E-state index is -0.185. The molecule has 1 aliphatic carbocycles. The molecule has 2 aromatic rings. The summed E-state index contributed by atoms with van der Waals surface area (Å²) in [5.41, 5.74) is 0.450. The van der Waals surface area contributed by atoms with Crippen LogP contribution in [0.3, 0.4) is 0 Å². The molecular weight excluding hydrogens is 362 g/mol. The Morgan fingerprint density at radius 3 is 3.04 bits per heavy atom. The first-order chi connectivity index (χ1) is 13.3. The molecule has 1 aliphatic heterocycles. The van der Waals surface area contributed by atoms with E-state index >= 15 is 0 Å². The van der Waals surface area contributed by atoms with Crippen LogP contribution >= 0.6 is 11.3 Å². The van der Waals surface area contributed by atoms with E-state index in [0.717, 1.165) is 29.6 Å². The molecular formula is C18H21N7OS. The number of aliphatic imine (C=N–C) groups is 1. The number of amides is 1. The van der Waals surface area contributed by atoms with Gasteiger partial charge in [-0.25, -0.2) is 9.97 Å². The van der Waals surface area contributed by atoms with Crippen molar-refractivity contribution < 1.29 is 4.79 Å². The Hall–Kier alpha value is -2.78. The number of hydrogen-bond acceptors (Lipinski definition) is 7. The molecule has 1 amide bonds. The maximum absolute atomic E-state index is 12.1. The second kappa shape index (κ2) is 8.28. The number of imidazole rings is 1. The summed E-state index contributed by atoms with van der Waals surface area (Å²) in [6, 6.07) is 0.501. The van der Waals surface area contributed by atoms with Crippen LogP contribution in [-0.2, 0) is 13.0 Å². The molecule has 8 nitrogen and oxygen atoms in total. The molecule has 4 rings (SSSR count). The van der Waals surface area contributed by atoms with Gasteiger partial charge in [-0.1, -0.05) is 24.3 Å². The Kier molecular flexibility index (Phi) is 5.40. The number of H-pyrrole nitrogens is 1. The Morgan fingerprint density at radius 1 is 1.26 bits per heavy atom. The number of nitrogens with zero attached hydrogens (tertiary/aromatic N) is 3. The first-order valence-electron chi connectivity index (χ1n) is 8.88. The van der Waals surface area contributed by atoms with Crippen LogP contribution in [0.5, 0.6) is 0 Å². The van der Waals surface area contributed by atoms with Crippen molar-refractivity contribution >= 4 is 23.1 Å². The summed E-state index contributed by atoms with van der Waals surface area (Å²) in [6.07, 6.45) is 12.5. The third-order valence-electron chi connectivity index (χ3n) is 4.31. The highest BCUT2D eigenvalue weighted by molar-refractivity contribution is 7.09. The molecule has 0 bridgehead atoms. The average molecular weight is 383 g/mol. The molecule has 2 unspecified atom stereocenters. The Morgan fingerprint density at radius 2 is 2.19 bits per heavy atom. The van der Waals surface area contributed by atoms with E-state index < -0.39 is 0 Å². The van der Waals surface area contributed by atoms with E-state index in [9.17, 15) is 4.79 Å². The van der Waals surface area contributed by atoms with Gasteiger partial charge in [0.1, 0.15) is 17.4 Å². The van der Waals surface area contributed by atoms with Crippen LogP contribution < -0.4 is 16.0 Å². The fraction of sp³-hybridized carbons (Fsp3) is 0.333. The van der Waals surface area contributed by atoms with Crippen molar-refractivity contribution in [2.45, 2.75) is 25.0 Å². The summed E-state index contributed by atoms with van der Waals surface area (Å²) in [4.78, 5) is 28.2. The fourth-order valence-electron chi connectivity index (χ4n) is 2.94. The topological polar surface area (TPSA) is 107 Å². The SMILES string of the molecule is O=C(NCc1ncc[nH]1)c1csc(CCNCC2=NC3C=CC=CC3N2)n1. The fourth-order valence-corrected chi connectivity index (χ4v) is 3.72. The highest BCUT2D eigenvalue weighted by atomic mass is 32.1. The van der Waals surface area contributed by atoms with E-state index in [1.54, 1.807) is 17.8 Å². The summed E-state index contributed by atoms with van der Waals surface area (Å²) >= 11 is 1.50. The number of aromatic nitrogens is 3. The van der Waals surface area contributed by atoms with Gasteiger partial charge in [0, 0.05) is 30.7 Å². The number of rotatable bonds is 8. The number of carbonyl (C=O) groups is 1. The predicted molar refractivity (Wildman–Crippen MR) is 105 cm³/mol. The molecule has 3 heterocycles. The molecule has 9 heteroatoms. The standard InChI is InChI=1S/C18H21N7OS/c26-18(22-10-15-20-7-8-21-15)14-11-27-17(25-14)5-6-19-9-16-23-12-3-1-2-4-13(12)24-16/h1-4,7-8,11-13,19H,5-6,9-10H2,(H,20,21)(H,22,26)(H,23,24). The number of carbonyl (C=O) groups excluding carboxylic acids is 1. The van der Waals surface area contributed by atoms with Crippen molar-refractivity contribution in [3.8, 4) is 0 Å². The first kappa shape index (κ1) is 17.6. The zero-order valence-corrected chi connectivity index (χ0v) is 15.5. The molecule has 27 heavy (non-hydrogen) atoms. The van der Waals surface area contributed by atoms with Crippen LogP contribution in [0.4, 0.5) is 0 Å². The van der Waals surface area contributed by atoms with Gasteiger partial charge in [-0.15, -0.1) is 11.3 Å². The lowest BCUT2D eigenvalue weighted by atomic mass is 10.1. The number of amidine groups is 1. The number of allylic oxidation sites excluding steroid dienone is 2. The smallest absolute Gasteiger partial charge is 0.271 e. The molecule has 2 atom stereocenters. The van der Waals surface area contributed by atoms with Gasteiger partial charge in [0.15, 0.2) is 0 Å². The van der Waals surface area contributed by atoms with Gasteiger partial charge >= 0.3 is 0 Å². The predicted octanol–water partition coefficient (Wildman–Crippen LogP) is 0.793. The highest BCUT2D eigenvalue weighted by Crippen LogP contribution is 2.14. The summed E-state index contributed by atoms with van der Waals surface area (Å²) in [6.45, 7) is 1.85. The minimum Gasteiger partial charge on any atom is -0.364 e. The molecule has 0 radical (unpaired) electrons. The lowest BCUT2D eigenvalue weighted by Gasteiger charge is -2.13. The molecule has 2 aromatic heterocycles. The lowest BCUT2D eigenvalue weighted by Crippen LogP contribution is -2.37. The Labute approximate surface area is 160 Å². The van der Waals surface area contributed by atoms with Crippen LogP contribution in [0, 0.1) is 0 Å². The summed E-state index contributed by atoms with van der Waals surface area (Å²) in [7, 11) is 0. The van der Waals surface area contributed by atoms with E-state index in [4.69, 9.17) is 0 Å². The molecule has 0 saturated heterocycles. The number of aromatic amines is 1. The number of nitrogens with one attached hydrogen (secondary N) is 4. The van der Waals surface area contributed by atoms with Crippen molar-refractivity contribution in [1.29, 1.82) is 0 Å². The van der Waals surface area contributed by atoms with Gasteiger partial charge in [-0.05, 0) is 0 Å². The Bertz CT molecular complexity index is 868. The lowest BCUT2D eigenvalue weighted by molar-refractivity contribution is 0.0945. The molecule has 140 valence electrons. The van der Waals surface area contributed by atoms with Crippen molar-refractivity contribution in [3.05, 3.63) is 58.6 Å². The van der Waals surface area contributed by atoms with Crippen LogP contribution in [0.1, 0.15) is 21.3 Å². The molecule has 0 fully saturated rings. The van der Waals surface area contributed by atoms with Crippen molar-refractivity contribution in [2.75, 3.05) is 13.1 Å². The first-order valence-corrected chi connectivity index (χ1v) is 9.76. The van der Waals surface area contributed by atoms with Crippen LogP contribution in [0.2, 0.25) is 0 Å². The number of fused-ring (bicyclic) bond motifs is 1. The van der Waals surface area contributed by atoms with Crippen LogP contribution in [0.15, 0.2) is 47.1 Å². The average Bonchev–Trinajstić information content (AvgIpc) is 3.43. The normalized spacial score (nSPS) is 20.2. The molecule has 4 N–H and O–H groups in total. The van der Waals surface area contributed by atoms with Crippen molar-refractivity contribution in [2.24, 2.45) is 4.99 Å². The Balaban J connectivity index is 1.18. The van der Waals surface area contributed by atoms with E-state index in [1.165, 1.54) is 11.3 Å². The van der Waals surface area contributed by atoms with Crippen LogP contribution in [-0.4, -0.2) is 51.9 Å². The van der Waals surface area contributed by atoms with Gasteiger partial charge in [-0.2, -0.15) is 0 Å². The van der Waals surface area contributed by atoms with E-state index in [0.29, 0.717) is 18.8 Å². The summed E-state index contributed by atoms with van der Waals surface area (Å²) in [5, 5.41) is 12.3. The third kappa shape index (κ3) is 4.50. The number of hydrogen-bond donors (Lipinski definition) is 4. The zero-order valence-electron chi connectivity index (χ0n) is 14.7. The van der Waals surface area contributed by atoms with Gasteiger partial charge < -0.3 is 20.9 Å². The van der Waals surface area contributed by atoms with Gasteiger partial charge in [0.2, 0.25) is 0 Å². The van der Waals surface area contributed by atoms with Gasteiger partial charge in [0.05, 0.1) is 30.2 Å². The quantitative estimate of drug-likeness (QED) is 0.504. The maximum atomic E-state index is 12.1. The molecule has 2 aliphatic rings. The summed E-state index contributed by atoms with van der Waals surface area (Å²) < 4.78 is 0. The second-order valence-corrected chi connectivity index (χ2v) is 7.22. The maximum Gasteiger partial charge on any atom is 0.271 e. The highest BCUT2D eigenvalue weighted by Gasteiger charge is 2.24. The number of thiazole rings is 1. The van der Waals surface area contributed by atoms with Crippen LogP contribution in [0.25, 0.3) is 0 Å². The van der Waals surface area contributed by atoms with Crippen molar-refractivity contribution in [1.82, 2.24) is 30.9 Å². The van der Waals surface area contributed by atoms with E-state index in [-0.39, 0.29) is 18.0 Å². The molecule has 0 aromatic carbocycles. The minimum absolute atomic E-state index is 0.185. The summed E-state index contributed by atoms with van der Waals surface area (Å²) in [5.74, 6) is 1.52. The van der Waals surface area contributed by atoms with E-state index in [2.05, 4.69) is 48.0 Å². The van der Waals surface area contributed by atoms with Gasteiger partial charge in [-0.3, -0.25) is 9.79 Å². The molecule has 0 spiro atoms. The third-order valence-corrected chi connectivity index (χ3v) is 5.22. The zero-order chi connectivity index (χ0) is 18.5. The second-order valence-electron chi connectivity index (χ2n) is 6.28. The monoisotopic (exact) mass is 383 g/mol.